The molecule has 6 nitrogen and oxygen atoms in total. The monoisotopic (exact) mass is 398 g/mol. The Bertz CT molecular complexity index is 810. The zero-order valence-corrected chi connectivity index (χ0v) is 17.5. The number of rotatable bonds is 4. The van der Waals surface area contributed by atoms with Crippen LogP contribution >= 0.6 is 0 Å². The van der Waals surface area contributed by atoms with Crippen molar-refractivity contribution in [2.45, 2.75) is 76.7 Å². The van der Waals surface area contributed by atoms with E-state index in [0.29, 0.717) is 31.0 Å². The Labute approximate surface area is 173 Å². The highest BCUT2D eigenvalue weighted by molar-refractivity contribution is 5.81. The first kappa shape index (κ1) is 19.3. The Kier molecular flexibility index (Phi) is 5.46. The third-order valence-electron chi connectivity index (χ3n) is 7.46. The number of likely N-dealkylation sites (tertiary alicyclic amines) is 1. The fourth-order valence-electron chi connectivity index (χ4n) is 5.59. The van der Waals surface area contributed by atoms with Crippen molar-refractivity contribution < 1.29 is 4.79 Å². The average Bonchev–Trinajstić information content (AvgIpc) is 3.59. The lowest BCUT2D eigenvalue weighted by Crippen LogP contribution is -2.42. The molecule has 6 heteroatoms. The largest absolute Gasteiger partial charge is 0.337 e. The number of hydrogen-bond acceptors (Lipinski definition) is 4. The number of H-pyrrole nitrogens is 1. The number of carbonyl (C=O) groups is 1. The minimum Gasteiger partial charge on any atom is -0.337 e. The maximum Gasteiger partial charge on any atom is 0.256 e. The molecule has 2 aliphatic carbocycles. The minimum atomic E-state index is -0.0253. The molecule has 158 valence electrons. The second kappa shape index (κ2) is 8.21. The molecule has 1 aromatic heterocycles. The van der Waals surface area contributed by atoms with Gasteiger partial charge >= 0.3 is 0 Å². The second-order valence-electron chi connectivity index (χ2n) is 9.76. The van der Waals surface area contributed by atoms with Gasteiger partial charge < -0.3 is 14.8 Å². The van der Waals surface area contributed by atoms with E-state index in [1.807, 2.05) is 4.90 Å². The number of piperidine rings is 1. The van der Waals surface area contributed by atoms with Crippen LogP contribution in [0.25, 0.3) is 0 Å². The first-order chi connectivity index (χ1) is 14.2. The van der Waals surface area contributed by atoms with Gasteiger partial charge in [-0.05, 0) is 51.0 Å². The maximum absolute atomic E-state index is 12.8. The minimum absolute atomic E-state index is 0.0253. The molecule has 2 aliphatic heterocycles. The van der Waals surface area contributed by atoms with E-state index in [9.17, 15) is 9.59 Å². The number of nitrogens with zero attached hydrogens (tertiary/aromatic N) is 3. The summed E-state index contributed by atoms with van der Waals surface area (Å²) in [5, 5.41) is 0. The van der Waals surface area contributed by atoms with Crippen LogP contribution in [0.5, 0.6) is 0 Å². The number of nitrogens with one attached hydrogen (secondary N) is 1. The van der Waals surface area contributed by atoms with Gasteiger partial charge in [0.15, 0.2) is 0 Å². The molecule has 1 amide bonds. The zero-order valence-electron chi connectivity index (χ0n) is 17.5. The van der Waals surface area contributed by atoms with Crippen LogP contribution in [-0.4, -0.2) is 51.9 Å². The molecule has 1 saturated heterocycles. The third-order valence-corrected chi connectivity index (χ3v) is 7.46. The van der Waals surface area contributed by atoms with Crippen molar-refractivity contribution >= 4 is 5.91 Å². The van der Waals surface area contributed by atoms with Gasteiger partial charge in [0.1, 0.15) is 5.82 Å². The quantitative estimate of drug-likeness (QED) is 0.847. The molecule has 5 rings (SSSR count). The fourth-order valence-corrected chi connectivity index (χ4v) is 5.59. The van der Waals surface area contributed by atoms with Crippen LogP contribution in [0.3, 0.4) is 0 Å². The molecule has 0 spiro atoms. The Hall–Kier alpha value is -1.69. The summed E-state index contributed by atoms with van der Waals surface area (Å²) in [4.78, 5) is 37.7. The molecule has 1 atom stereocenters. The summed E-state index contributed by atoms with van der Waals surface area (Å²) >= 11 is 0. The van der Waals surface area contributed by atoms with E-state index in [0.717, 1.165) is 43.2 Å². The Morgan fingerprint density at radius 3 is 2.66 bits per heavy atom. The van der Waals surface area contributed by atoms with E-state index in [4.69, 9.17) is 4.98 Å². The summed E-state index contributed by atoms with van der Waals surface area (Å²) in [6.45, 7) is 4.55. The molecular formula is C23H34N4O2. The normalized spacial score (nSPS) is 26.3. The molecule has 3 fully saturated rings. The zero-order chi connectivity index (χ0) is 19.8. The summed E-state index contributed by atoms with van der Waals surface area (Å²) in [5.41, 5.74) is 1.61. The first-order valence-corrected chi connectivity index (χ1v) is 11.8. The highest BCUT2D eigenvalue weighted by Crippen LogP contribution is 2.33. The van der Waals surface area contributed by atoms with Crippen LogP contribution in [0.2, 0.25) is 0 Å². The van der Waals surface area contributed by atoms with Crippen molar-refractivity contribution in [3.05, 3.63) is 27.4 Å². The van der Waals surface area contributed by atoms with E-state index in [-0.39, 0.29) is 17.4 Å². The van der Waals surface area contributed by atoms with E-state index in [2.05, 4.69) is 9.88 Å². The van der Waals surface area contributed by atoms with Gasteiger partial charge in [-0.25, -0.2) is 4.98 Å². The van der Waals surface area contributed by atoms with Crippen molar-refractivity contribution in [3.8, 4) is 0 Å². The molecule has 4 aliphatic rings. The highest BCUT2D eigenvalue weighted by Gasteiger charge is 2.36. The molecule has 1 unspecified atom stereocenters. The molecule has 2 saturated carbocycles. The molecular weight excluding hydrogens is 364 g/mol. The number of aromatic nitrogens is 2. The predicted octanol–water partition coefficient (Wildman–Crippen LogP) is 2.82. The topological polar surface area (TPSA) is 69.3 Å². The van der Waals surface area contributed by atoms with Crippen LogP contribution in [0.15, 0.2) is 4.79 Å². The molecule has 0 bridgehead atoms. The van der Waals surface area contributed by atoms with Crippen molar-refractivity contribution in [1.29, 1.82) is 0 Å². The molecule has 1 N–H and O–H groups in total. The fraction of sp³-hybridized carbons (Fsp3) is 0.783. The van der Waals surface area contributed by atoms with Crippen molar-refractivity contribution in [3.63, 3.8) is 0 Å². The van der Waals surface area contributed by atoms with Crippen molar-refractivity contribution in [2.24, 2.45) is 11.8 Å². The summed E-state index contributed by atoms with van der Waals surface area (Å²) in [6.07, 6.45) is 12.0. The molecule has 29 heavy (non-hydrogen) atoms. The van der Waals surface area contributed by atoms with Crippen LogP contribution in [0, 0.1) is 11.8 Å². The van der Waals surface area contributed by atoms with Crippen LogP contribution in [0.4, 0.5) is 0 Å². The lowest BCUT2D eigenvalue weighted by Gasteiger charge is -2.36. The van der Waals surface area contributed by atoms with Gasteiger partial charge in [-0.2, -0.15) is 0 Å². The van der Waals surface area contributed by atoms with Crippen LogP contribution in [0.1, 0.15) is 80.8 Å². The van der Waals surface area contributed by atoms with E-state index >= 15 is 0 Å². The number of hydrogen-bond donors (Lipinski definition) is 1. The summed E-state index contributed by atoms with van der Waals surface area (Å²) in [5.74, 6) is 2.50. The summed E-state index contributed by atoms with van der Waals surface area (Å²) < 4.78 is 0. The second-order valence-corrected chi connectivity index (χ2v) is 9.76. The number of carbonyl (C=O) groups excluding carboxylic acids is 1. The smallest absolute Gasteiger partial charge is 0.256 e. The summed E-state index contributed by atoms with van der Waals surface area (Å²) in [7, 11) is 0. The van der Waals surface area contributed by atoms with Crippen molar-refractivity contribution in [1.82, 2.24) is 19.8 Å². The lowest BCUT2D eigenvalue weighted by molar-refractivity contribution is -0.133. The van der Waals surface area contributed by atoms with Gasteiger partial charge in [-0.15, -0.1) is 0 Å². The Morgan fingerprint density at radius 2 is 1.86 bits per heavy atom. The average molecular weight is 399 g/mol. The van der Waals surface area contributed by atoms with Gasteiger partial charge in [-0.3, -0.25) is 9.59 Å². The first-order valence-electron chi connectivity index (χ1n) is 11.8. The van der Waals surface area contributed by atoms with Crippen molar-refractivity contribution in [2.75, 3.05) is 26.2 Å². The molecule has 0 radical (unpaired) electrons. The lowest BCUT2D eigenvalue weighted by atomic mass is 9.87. The van der Waals surface area contributed by atoms with Gasteiger partial charge in [0.2, 0.25) is 5.91 Å². The molecule has 3 heterocycles. The number of aromatic amines is 1. The number of amides is 1. The highest BCUT2D eigenvalue weighted by atomic mass is 16.2. The van der Waals surface area contributed by atoms with Crippen LogP contribution in [-0.2, 0) is 17.8 Å². The summed E-state index contributed by atoms with van der Waals surface area (Å²) in [6, 6.07) is 0. The van der Waals surface area contributed by atoms with Gasteiger partial charge in [0.05, 0.1) is 17.8 Å². The van der Waals surface area contributed by atoms with Crippen LogP contribution < -0.4 is 5.56 Å². The predicted molar refractivity (Wildman–Crippen MR) is 112 cm³/mol. The van der Waals surface area contributed by atoms with Gasteiger partial charge in [0, 0.05) is 37.9 Å². The molecule has 0 aromatic carbocycles. The van der Waals surface area contributed by atoms with Gasteiger partial charge in [-0.1, -0.05) is 19.3 Å². The standard InChI is InChI=1S/C23H34N4O2/c28-22-19-15-27(23(29)17-8-9-17)12-10-20(19)24-21(25-22)18-7-4-11-26(14-18)13-16-5-2-1-3-6-16/h16-18H,1-15H2,(H,24,25,28). The Balaban J connectivity index is 1.27. The van der Waals surface area contributed by atoms with E-state index in [1.54, 1.807) is 0 Å². The SMILES string of the molecule is O=C(C1CC1)N1CCc2nc(C3CCCN(CC4CCCCC4)C3)[nH]c(=O)c2C1. The third kappa shape index (κ3) is 4.27. The maximum atomic E-state index is 12.8. The van der Waals surface area contributed by atoms with Gasteiger partial charge in [0.25, 0.3) is 5.56 Å². The van der Waals surface area contributed by atoms with E-state index < -0.39 is 0 Å². The van der Waals surface area contributed by atoms with E-state index in [1.165, 1.54) is 51.6 Å². The number of fused-ring (bicyclic) bond motifs is 1. The Morgan fingerprint density at radius 1 is 1.03 bits per heavy atom. The molecule has 1 aromatic rings.